The van der Waals surface area contributed by atoms with Crippen molar-refractivity contribution in [3.05, 3.63) is 107 Å². The van der Waals surface area contributed by atoms with Gasteiger partial charge in [0.25, 0.3) is 5.91 Å². The zero-order valence-electron chi connectivity index (χ0n) is 22.4. The number of para-hydroxylation sites is 1. The van der Waals surface area contributed by atoms with Crippen molar-refractivity contribution in [2.75, 3.05) is 43.6 Å². The van der Waals surface area contributed by atoms with Crippen molar-refractivity contribution in [2.45, 2.75) is 24.3 Å². The van der Waals surface area contributed by atoms with Gasteiger partial charge in [0.15, 0.2) is 0 Å². The lowest BCUT2D eigenvalue weighted by molar-refractivity contribution is 0.0772. The molecular formula is C31H36Cl2N4O2S. The molecule has 0 saturated carbocycles. The molecule has 6 rings (SSSR count). The van der Waals surface area contributed by atoms with E-state index in [1.165, 1.54) is 16.4 Å². The lowest BCUT2D eigenvalue weighted by Crippen LogP contribution is -2.48. The van der Waals surface area contributed by atoms with Crippen molar-refractivity contribution in [1.82, 2.24) is 14.7 Å². The van der Waals surface area contributed by atoms with E-state index in [2.05, 4.69) is 86.2 Å². The van der Waals surface area contributed by atoms with Gasteiger partial charge < -0.3 is 15.3 Å². The van der Waals surface area contributed by atoms with E-state index in [-0.39, 0.29) is 34.5 Å². The summed E-state index contributed by atoms with van der Waals surface area (Å²) in [5.74, 6) is 1.42. The minimum atomic E-state index is -0.126. The molecule has 1 unspecified atom stereocenters. The van der Waals surface area contributed by atoms with Crippen LogP contribution in [0.1, 0.15) is 28.8 Å². The van der Waals surface area contributed by atoms with Crippen LogP contribution in [0.5, 0.6) is 0 Å². The average Bonchev–Trinajstić information content (AvgIpc) is 3.54. The van der Waals surface area contributed by atoms with E-state index in [4.69, 9.17) is 11.6 Å². The highest BCUT2D eigenvalue weighted by Crippen LogP contribution is 2.42. The normalized spacial score (nSPS) is 18.5. The molecule has 3 aromatic rings. The molecule has 0 aromatic heterocycles. The molecular weight excluding hydrogens is 563 g/mol. The van der Waals surface area contributed by atoms with E-state index in [1.807, 2.05) is 17.0 Å². The first-order chi connectivity index (χ1) is 18.7. The topological polar surface area (TPSA) is 61.5 Å². The largest absolute Gasteiger partial charge is 0.412 e. The number of carbonyl (C=O) groups is 1. The third kappa shape index (κ3) is 6.40. The van der Waals surface area contributed by atoms with Gasteiger partial charge in [-0.3, -0.25) is 14.0 Å². The summed E-state index contributed by atoms with van der Waals surface area (Å²) in [6.45, 7) is 6.76. The fourth-order valence-electron chi connectivity index (χ4n) is 5.49. The van der Waals surface area contributed by atoms with Gasteiger partial charge in [-0.15, -0.1) is 12.4 Å². The SMILES string of the molecule is Cl.O.O=C1c2cc(Cl)ccc2CN1CCCCN1CCN(C2=CC=S(c3ccccc3)N2c2ccccc2)CC1. The van der Waals surface area contributed by atoms with Crippen LogP contribution >= 0.6 is 34.7 Å². The third-order valence-corrected chi connectivity index (χ3v) is 9.70. The van der Waals surface area contributed by atoms with E-state index in [0.29, 0.717) is 11.6 Å². The summed E-state index contributed by atoms with van der Waals surface area (Å²) in [4.78, 5) is 21.1. The van der Waals surface area contributed by atoms with E-state index < -0.39 is 0 Å². The number of rotatable bonds is 8. The second-order valence-corrected chi connectivity index (χ2v) is 12.2. The molecule has 1 fully saturated rings. The summed E-state index contributed by atoms with van der Waals surface area (Å²) < 4.78 is 2.50. The van der Waals surface area contributed by atoms with Gasteiger partial charge in [-0.2, -0.15) is 0 Å². The van der Waals surface area contributed by atoms with Crippen LogP contribution in [0.4, 0.5) is 5.69 Å². The average molecular weight is 600 g/mol. The Hall–Kier alpha value is -2.81. The number of piperazine rings is 1. The van der Waals surface area contributed by atoms with Gasteiger partial charge in [0, 0.05) is 54.8 Å². The number of halogens is 2. The molecule has 3 aliphatic heterocycles. The summed E-state index contributed by atoms with van der Waals surface area (Å²) >= 11 is 6.09. The third-order valence-electron chi connectivity index (χ3n) is 7.53. The van der Waals surface area contributed by atoms with Gasteiger partial charge in [0.05, 0.1) is 5.69 Å². The maximum absolute atomic E-state index is 12.7. The Morgan fingerprint density at radius 3 is 2.23 bits per heavy atom. The van der Waals surface area contributed by atoms with Gasteiger partial charge in [0.1, 0.15) is 5.82 Å². The number of hydrogen-bond donors (Lipinski definition) is 0. The van der Waals surface area contributed by atoms with Crippen LogP contribution in [0.3, 0.4) is 0 Å². The Morgan fingerprint density at radius 1 is 0.825 bits per heavy atom. The van der Waals surface area contributed by atoms with Crippen LogP contribution in [-0.2, 0) is 6.54 Å². The predicted octanol–water partition coefficient (Wildman–Crippen LogP) is 5.70. The maximum Gasteiger partial charge on any atom is 0.254 e. The Morgan fingerprint density at radius 2 is 1.50 bits per heavy atom. The van der Waals surface area contributed by atoms with Crippen molar-refractivity contribution >= 4 is 51.6 Å². The monoisotopic (exact) mass is 598 g/mol. The Labute approximate surface area is 250 Å². The lowest BCUT2D eigenvalue weighted by Gasteiger charge is -2.40. The number of amides is 1. The molecule has 9 heteroatoms. The molecule has 2 N–H and O–H groups in total. The second kappa shape index (κ2) is 13.7. The molecule has 0 bridgehead atoms. The van der Waals surface area contributed by atoms with Gasteiger partial charge in [-0.25, -0.2) is 0 Å². The zero-order valence-corrected chi connectivity index (χ0v) is 24.8. The predicted molar refractivity (Wildman–Crippen MR) is 170 cm³/mol. The van der Waals surface area contributed by atoms with Crippen molar-refractivity contribution in [1.29, 1.82) is 0 Å². The quantitative estimate of drug-likeness (QED) is 0.246. The molecule has 0 radical (unpaired) electrons. The minimum Gasteiger partial charge on any atom is -0.412 e. The standard InChI is InChI=1S/C31H33ClN4OS.ClH.H2O/c32-26-14-13-25-24-35(31(37)29(25)23-26)17-8-7-16-33-18-20-34(21-19-33)30-15-22-38(28-11-5-2-6-12-28)36(30)27-9-3-1-4-10-27;;/h1-6,9-15,22-23H,7-8,16-21,24H2;1H;1H2. The zero-order chi connectivity index (χ0) is 25.9. The molecule has 1 amide bonds. The molecule has 1 saturated heterocycles. The Kier molecular flexibility index (Phi) is 10.3. The molecule has 3 aromatic carbocycles. The molecule has 212 valence electrons. The number of benzene rings is 3. The summed E-state index contributed by atoms with van der Waals surface area (Å²) in [6, 6.07) is 27.2. The summed E-state index contributed by atoms with van der Waals surface area (Å²) in [7, 11) is -0.126. The Balaban J connectivity index is 0.00000185. The van der Waals surface area contributed by atoms with Crippen LogP contribution in [0.2, 0.25) is 5.02 Å². The molecule has 6 nitrogen and oxygen atoms in total. The molecule has 3 heterocycles. The fourth-order valence-corrected chi connectivity index (χ4v) is 7.57. The minimum absolute atomic E-state index is 0. The van der Waals surface area contributed by atoms with Crippen molar-refractivity contribution < 1.29 is 10.3 Å². The second-order valence-electron chi connectivity index (χ2n) is 9.98. The number of unbranched alkanes of at least 4 members (excludes halogenated alkanes) is 1. The Bertz CT molecular complexity index is 1360. The van der Waals surface area contributed by atoms with Crippen LogP contribution in [0, 0.1) is 0 Å². The summed E-state index contributed by atoms with van der Waals surface area (Å²) in [6.07, 6.45) is 4.44. The number of carbonyl (C=O) groups excluding carboxylic acids is 1. The highest BCUT2D eigenvalue weighted by molar-refractivity contribution is 8.16. The van der Waals surface area contributed by atoms with Gasteiger partial charge in [-0.1, -0.05) is 64.7 Å². The van der Waals surface area contributed by atoms with E-state index >= 15 is 0 Å². The first-order valence-corrected chi connectivity index (χ1v) is 15.0. The number of anilines is 1. The van der Waals surface area contributed by atoms with Crippen molar-refractivity contribution in [3.8, 4) is 0 Å². The molecule has 0 spiro atoms. The number of fused-ring (bicyclic) bond motifs is 1. The van der Waals surface area contributed by atoms with Gasteiger partial charge in [-0.05, 0) is 72.8 Å². The maximum atomic E-state index is 12.7. The highest BCUT2D eigenvalue weighted by Gasteiger charge is 2.29. The molecule has 0 aliphatic carbocycles. The number of allylic oxidation sites excluding steroid dienone is 1. The molecule has 40 heavy (non-hydrogen) atoms. The smallest absolute Gasteiger partial charge is 0.254 e. The van der Waals surface area contributed by atoms with E-state index in [9.17, 15) is 4.79 Å². The molecule has 1 atom stereocenters. The van der Waals surface area contributed by atoms with Gasteiger partial charge in [0.2, 0.25) is 0 Å². The first kappa shape index (κ1) is 30.2. The fraction of sp³-hybridized carbons (Fsp3) is 0.290. The van der Waals surface area contributed by atoms with E-state index in [0.717, 1.165) is 63.2 Å². The summed E-state index contributed by atoms with van der Waals surface area (Å²) in [5.41, 5.74) is 3.10. The number of nitrogens with zero attached hydrogens (tertiary/aromatic N) is 4. The van der Waals surface area contributed by atoms with E-state index in [1.54, 1.807) is 6.07 Å². The van der Waals surface area contributed by atoms with Gasteiger partial charge >= 0.3 is 0 Å². The molecule has 3 aliphatic rings. The lowest BCUT2D eigenvalue weighted by atomic mass is 10.1. The van der Waals surface area contributed by atoms with Crippen LogP contribution in [-0.4, -0.2) is 70.7 Å². The van der Waals surface area contributed by atoms with Crippen molar-refractivity contribution in [3.63, 3.8) is 0 Å². The van der Waals surface area contributed by atoms with Crippen LogP contribution < -0.4 is 4.31 Å². The first-order valence-electron chi connectivity index (χ1n) is 13.4. The van der Waals surface area contributed by atoms with Crippen LogP contribution in [0.25, 0.3) is 0 Å². The summed E-state index contributed by atoms with van der Waals surface area (Å²) in [5, 5.41) is 2.99. The van der Waals surface area contributed by atoms with Crippen molar-refractivity contribution in [2.24, 2.45) is 0 Å². The van der Waals surface area contributed by atoms with Crippen LogP contribution in [0.15, 0.2) is 95.7 Å². The highest BCUT2D eigenvalue weighted by atomic mass is 35.5. The number of hydrogen-bond acceptors (Lipinski definition) is 4.